The fraction of sp³-hybridized carbons (Fsp3) is 0.625. The first kappa shape index (κ1) is 12.4. The second-order valence-electron chi connectivity index (χ2n) is 3.67. The molecule has 0 bridgehead atoms. The molecule has 0 rings (SSSR count). The maximum absolute atomic E-state index is 10.9. The Morgan fingerprint density at radius 2 is 2.00 bits per heavy atom. The van der Waals surface area contributed by atoms with E-state index in [-0.39, 0.29) is 5.54 Å². The summed E-state index contributed by atoms with van der Waals surface area (Å²) in [5, 5.41) is 13.1. The van der Waals surface area contributed by atoms with Gasteiger partial charge in [-0.1, -0.05) is 0 Å². The van der Waals surface area contributed by atoms with Crippen molar-refractivity contribution in [3.05, 3.63) is 22.0 Å². The number of carbonyl (C=O) groups is 1. The Kier molecular flexibility index (Phi) is 4.07. The van der Waals surface area contributed by atoms with E-state index in [0.29, 0.717) is 0 Å². The Balaban J connectivity index is 4.67. The number of esters is 1. The van der Waals surface area contributed by atoms with E-state index in [2.05, 4.69) is 10.1 Å². The van der Waals surface area contributed by atoms with E-state index in [1.807, 2.05) is 20.8 Å². The number of rotatable bonds is 3. The van der Waals surface area contributed by atoms with E-state index in [1.54, 1.807) is 0 Å². The predicted molar refractivity (Wildman–Crippen MR) is 50.0 cm³/mol. The molecule has 14 heavy (non-hydrogen) atoms. The highest BCUT2D eigenvalue weighted by Crippen LogP contribution is 2.02. The van der Waals surface area contributed by atoms with E-state index in [0.717, 1.165) is 13.3 Å². The molecule has 6 nitrogen and oxygen atoms in total. The zero-order valence-corrected chi connectivity index (χ0v) is 8.66. The number of hydrogen-bond acceptors (Lipinski definition) is 5. The first-order chi connectivity index (χ1) is 6.28. The summed E-state index contributed by atoms with van der Waals surface area (Å²) in [6, 6.07) is 0. The standard InChI is InChI=1S/C8H14N2O4/c1-8(2,3)9-5-6(10(12)13)7(11)14-4/h5,9H,1-4H3/b6-5-. The van der Waals surface area contributed by atoms with E-state index in [9.17, 15) is 14.9 Å². The van der Waals surface area contributed by atoms with Crippen LogP contribution in [-0.4, -0.2) is 23.5 Å². The van der Waals surface area contributed by atoms with Crippen LogP contribution in [0.1, 0.15) is 20.8 Å². The van der Waals surface area contributed by atoms with Crippen molar-refractivity contribution in [3.63, 3.8) is 0 Å². The molecular weight excluding hydrogens is 188 g/mol. The number of nitrogens with one attached hydrogen (secondary N) is 1. The Bertz CT molecular complexity index is 265. The quantitative estimate of drug-likeness (QED) is 0.315. The van der Waals surface area contributed by atoms with Crippen molar-refractivity contribution in [1.82, 2.24) is 5.32 Å². The number of carbonyl (C=O) groups excluding carboxylic acids is 1. The minimum Gasteiger partial charge on any atom is -0.461 e. The third-order valence-corrected chi connectivity index (χ3v) is 1.23. The van der Waals surface area contributed by atoms with Crippen LogP contribution >= 0.6 is 0 Å². The minimum atomic E-state index is -0.966. The van der Waals surface area contributed by atoms with Crippen molar-refractivity contribution in [2.45, 2.75) is 26.3 Å². The molecule has 0 aromatic heterocycles. The maximum atomic E-state index is 10.9. The van der Waals surface area contributed by atoms with Gasteiger partial charge in [-0.3, -0.25) is 10.1 Å². The van der Waals surface area contributed by atoms with E-state index < -0.39 is 16.6 Å². The lowest BCUT2D eigenvalue weighted by Gasteiger charge is -2.17. The van der Waals surface area contributed by atoms with Gasteiger partial charge >= 0.3 is 11.7 Å². The van der Waals surface area contributed by atoms with Crippen LogP contribution in [0.2, 0.25) is 0 Å². The van der Waals surface area contributed by atoms with Gasteiger partial charge in [0, 0.05) is 5.54 Å². The topological polar surface area (TPSA) is 81.5 Å². The number of nitro groups is 1. The molecule has 0 fully saturated rings. The fourth-order valence-electron chi connectivity index (χ4n) is 0.576. The van der Waals surface area contributed by atoms with E-state index >= 15 is 0 Å². The lowest BCUT2D eigenvalue weighted by atomic mass is 10.1. The van der Waals surface area contributed by atoms with Crippen molar-refractivity contribution >= 4 is 5.97 Å². The van der Waals surface area contributed by atoms with E-state index in [1.165, 1.54) is 0 Å². The van der Waals surface area contributed by atoms with Crippen LogP contribution in [0.3, 0.4) is 0 Å². The highest BCUT2D eigenvalue weighted by molar-refractivity contribution is 5.85. The zero-order chi connectivity index (χ0) is 11.4. The number of nitrogens with zero attached hydrogens (tertiary/aromatic N) is 1. The molecule has 6 heteroatoms. The molecule has 0 aliphatic heterocycles. The number of ether oxygens (including phenoxy) is 1. The Morgan fingerprint density at radius 3 is 2.29 bits per heavy atom. The summed E-state index contributed by atoms with van der Waals surface area (Å²) in [4.78, 5) is 20.5. The van der Waals surface area contributed by atoms with Gasteiger partial charge in [0.05, 0.1) is 18.2 Å². The lowest BCUT2D eigenvalue weighted by Crippen LogP contribution is -2.32. The van der Waals surface area contributed by atoms with Crippen molar-refractivity contribution in [2.24, 2.45) is 0 Å². The summed E-state index contributed by atoms with van der Waals surface area (Å²) in [6.45, 7) is 5.45. The lowest BCUT2D eigenvalue weighted by molar-refractivity contribution is -0.421. The van der Waals surface area contributed by atoms with Crippen LogP contribution in [-0.2, 0) is 9.53 Å². The summed E-state index contributed by atoms with van der Waals surface area (Å²) in [7, 11) is 1.09. The molecule has 1 N–H and O–H groups in total. The average Bonchev–Trinajstić information content (AvgIpc) is 2.01. The summed E-state index contributed by atoms with van der Waals surface area (Å²) < 4.78 is 4.25. The summed E-state index contributed by atoms with van der Waals surface area (Å²) >= 11 is 0. The zero-order valence-electron chi connectivity index (χ0n) is 8.66. The average molecular weight is 202 g/mol. The third-order valence-electron chi connectivity index (χ3n) is 1.23. The normalized spacial score (nSPS) is 12.1. The molecule has 0 saturated heterocycles. The SMILES string of the molecule is COC(=O)/C(=C/NC(C)(C)C)[N+](=O)[O-]. The molecule has 0 saturated carbocycles. The highest BCUT2D eigenvalue weighted by Gasteiger charge is 2.23. The molecule has 0 spiro atoms. The van der Waals surface area contributed by atoms with Crippen LogP contribution in [0.15, 0.2) is 11.9 Å². The van der Waals surface area contributed by atoms with Gasteiger partial charge in [0.2, 0.25) is 0 Å². The molecule has 0 amide bonds. The van der Waals surface area contributed by atoms with Gasteiger partial charge in [0.15, 0.2) is 0 Å². The molecule has 80 valence electrons. The molecule has 0 aliphatic rings. The summed E-state index contributed by atoms with van der Waals surface area (Å²) in [6.07, 6.45) is 1.05. The molecular formula is C8H14N2O4. The van der Waals surface area contributed by atoms with Gasteiger partial charge in [-0.25, -0.2) is 4.79 Å². The van der Waals surface area contributed by atoms with Crippen LogP contribution < -0.4 is 5.32 Å². The predicted octanol–water partition coefficient (Wildman–Crippen LogP) is 0.666. The van der Waals surface area contributed by atoms with Gasteiger partial charge in [0.25, 0.3) is 0 Å². The molecule has 0 aromatic rings. The fourth-order valence-corrected chi connectivity index (χ4v) is 0.576. The molecule has 0 unspecified atom stereocenters. The Hall–Kier alpha value is -1.59. The molecule has 0 atom stereocenters. The molecule has 0 aliphatic carbocycles. The molecule has 0 aromatic carbocycles. The first-order valence-electron chi connectivity index (χ1n) is 3.98. The second kappa shape index (κ2) is 4.59. The third kappa shape index (κ3) is 4.44. The van der Waals surface area contributed by atoms with Gasteiger partial charge in [0.1, 0.15) is 0 Å². The van der Waals surface area contributed by atoms with Gasteiger partial charge in [-0.05, 0) is 20.8 Å². The molecule has 0 radical (unpaired) electrons. The Morgan fingerprint density at radius 1 is 1.50 bits per heavy atom. The minimum absolute atomic E-state index is 0.338. The van der Waals surface area contributed by atoms with Crippen LogP contribution in [0.5, 0.6) is 0 Å². The van der Waals surface area contributed by atoms with Gasteiger partial charge in [-0.15, -0.1) is 0 Å². The van der Waals surface area contributed by atoms with Gasteiger partial charge in [-0.2, -0.15) is 0 Å². The van der Waals surface area contributed by atoms with Crippen molar-refractivity contribution in [2.75, 3.05) is 7.11 Å². The van der Waals surface area contributed by atoms with Crippen LogP contribution in [0, 0.1) is 10.1 Å². The van der Waals surface area contributed by atoms with E-state index in [4.69, 9.17) is 0 Å². The maximum Gasteiger partial charge on any atom is 0.411 e. The van der Waals surface area contributed by atoms with Gasteiger partial charge < -0.3 is 10.1 Å². The number of hydrogen-bond donors (Lipinski definition) is 1. The largest absolute Gasteiger partial charge is 0.461 e. The highest BCUT2D eigenvalue weighted by atomic mass is 16.6. The van der Waals surface area contributed by atoms with Crippen molar-refractivity contribution in [3.8, 4) is 0 Å². The van der Waals surface area contributed by atoms with Crippen LogP contribution in [0.4, 0.5) is 0 Å². The van der Waals surface area contributed by atoms with Crippen LogP contribution in [0.25, 0.3) is 0 Å². The first-order valence-corrected chi connectivity index (χ1v) is 3.98. The summed E-state index contributed by atoms with van der Waals surface area (Å²) in [5.41, 5.74) is -0.947. The molecule has 0 heterocycles. The van der Waals surface area contributed by atoms with Crippen molar-refractivity contribution in [1.29, 1.82) is 0 Å². The smallest absolute Gasteiger partial charge is 0.411 e. The Labute approximate surface area is 82.1 Å². The second-order valence-corrected chi connectivity index (χ2v) is 3.67. The summed E-state index contributed by atoms with van der Waals surface area (Å²) in [5.74, 6) is -0.966. The monoisotopic (exact) mass is 202 g/mol. The number of methoxy groups -OCH3 is 1. The van der Waals surface area contributed by atoms with Crippen molar-refractivity contribution < 1.29 is 14.5 Å².